The maximum absolute atomic E-state index is 11.6. The van der Waals surface area contributed by atoms with E-state index >= 15 is 0 Å². The molecular weight excluding hydrogens is 264 g/mol. The van der Waals surface area contributed by atoms with E-state index in [1.165, 1.54) is 13.2 Å². The average molecular weight is 277 g/mol. The first kappa shape index (κ1) is 14.0. The van der Waals surface area contributed by atoms with Crippen LogP contribution < -0.4 is 4.74 Å². The normalized spacial score (nSPS) is 11.2. The van der Waals surface area contributed by atoms with Gasteiger partial charge in [-0.25, -0.2) is 8.42 Å². The summed E-state index contributed by atoms with van der Waals surface area (Å²) in [6.45, 7) is 0. The van der Waals surface area contributed by atoms with Crippen molar-refractivity contribution >= 4 is 27.7 Å². The fourth-order valence-corrected chi connectivity index (χ4v) is 2.74. The lowest BCUT2D eigenvalue weighted by Gasteiger charge is -2.11. The van der Waals surface area contributed by atoms with Gasteiger partial charge in [0.1, 0.15) is 11.2 Å². The van der Waals surface area contributed by atoms with E-state index in [4.69, 9.17) is 16.3 Å². The van der Waals surface area contributed by atoms with Gasteiger partial charge >= 0.3 is 0 Å². The largest absolute Gasteiger partial charge is 0.494 e. The number of carbonyl (C=O) groups is 1. The summed E-state index contributed by atoms with van der Waals surface area (Å²) in [5.41, 5.74) is 0.698. The Balaban J connectivity index is 3.34. The second-order valence-electron chi connectivity index (χ2n) is 3.59. The highest BCUT2D eigenvalue weighted by atomic mass is 35.5. The van der Waals surface area contributed by atoms with Crippen molar-refractivity contribution in [2.45, 2.75) is 17.7 Å². The van der Waals surface area contributed by atoms with E-state index in [9.17, 15) is 13.2 Å². The van der Waals surface area contributed by atoms with Gasteiger partial charge in [-0.1, -0.05) is 11.6 Å². The molecule has 0 bridgehead atoms. The summed E-state index contributed by atoms with van der Waals surface area (Å²) in [4.78, 5) is 10.3. The van der Waals surface area contributed by atoms with Crippen molar-refractivity contribution in [1.82, 2.24) is 0 Å². The van der Waals surface area contributed by atoms with Crippen LogP contribution in [0.3, 0.4) is 0 Å². The number of ether oxygens (including phenoxy) is 1. The van der Waals surface area contributed by atoms with Crippen LogP contribution in [-0.2, 0) is 21.1 Å². The predicted octanol–water partition coefficient (Wildman–Crippen LogP) is 1.88. The van der Waals surface area contributed by atoms with Gasteiger partial charge in [-0.05, 0) is 24.1 Å². The van der Waals surface area contributed by atoms with Crippen molar-refractivity contribution in [1.29, 1.82) is 0 Å². The first-order chi connectivity index (χ1) is 7.90. The Labute approximate surface area is 105 Å². The molecule has 0 aliphatic carbocycles. The van der Waals surface area contributed by atoms with E-state index < -0.39 is 9.84 Å². The fourth-order valence-electron chi connectivity index (χ4n) is 1.47. The number of benzene rings is 1. The molecule has 0 unspecified atom stereocenters. The van der Waals surface area contributed by atoms with Crippen molar-refractivity contribution in [3.05, 3.63) is 22.7 Å². The lowest BCUT2D eigenvalue weighted by atomic mass is 10.1. The second-order valence-corrected chi connectivity index (χ2v) is 5.98. The van der Waals surface area contributed by atoms with Gasteiger partial charge in [0.25, 0.3) is 0 Å². The quantitative estimate of drug-likeness (QED) is 0.771. The van der Waals surface area contributed by atoms with Gasteiger partial charge in [0.15, 0.2) is 15.6 Å². The molecule has 17 heavy (non-hydrogen) atoms. The predicted molar refractivity (Wildman–Crippen MR) is 65.5 cm³/mol. The first-order valence-electron chi connectivity index (χ1n) is 4.90. The Hall–Kier alpha value is -1.07. The number of halogens is 1. The summed E-state index contributed by atoms with van der Waals surface area (Å²) >= 11 is 5.94. The Morgan fingerprint density at radius 2 is 2.06 bits per heavy atom. The van der Waals surface area contributed by atoms with Crippen LogP contribution in [0.5, 0.6) is 5.75 Å². The summed E-state index contributed by atoms with van der Waals surface area (Å²) in [7, 11) is -2.05. The van der Waals surface area contributed by atoms with Crippen LogP contribution in [0.2, 0.25) is 5.02 Å². The van der Waals surface area contributed by atoms with E-state index in [-0.39, 0.29) is 15.7 Å². The molecule has 0 aromatic heterocycles. The van der Waals surface area contributed by atoms with Crippen LogP contribution in [-0.4, -0.2) is 28.1 Å². The van der Waals surface area contributed by atoms with Gasteiger partial charge in [-0.15, -0.1) is 0 Å². The van der Waals surface area contributed by atoms with Gasteiger partial charge in [0, 0.05) is 12.7 Å². The first-order valence-corrected chi connectivity index (χ1v) is 7.17. The lowest BCUT2D eigenvalue weighted by Crippen LogP contribution is -2.03. The van der Waals surface area contributed by atoms with Gasteiger partial charge in [0.05, 0.1) is 12.1 Å². The summed E-state index contributed by atoms with van der Waals surface area (Å²) in [6.07, 6.45) is 2.64. The van der Waals surface area contributed by atoms with E-state index in [2.05, 4.69) is 0 Å². The monoisotopic (exact) mass is 276 g/mol. The molecule has 0 amide bonds. The van der Waals surface area contributed by atoms with Crippen molar-refractivity contribution in [2.24, 2.45) is 0 Å². The molecule has 0 saturated heterocycles. The number of rotatable bonds is 5. The molecule has 1 rings (SSSR count). The van der Waals surface area contributed by atoms with E-state index in [0.717, 1.165) is 12.5 Å². The van der Waals surface area contributed by atoms with Gasteiger partial charge in [-0.2, -0.15) is 0 Å². The molecule has 1 aromatic carbocycles. The highest BCUT2D eigenvalue weighted by Gasteiger charge is 2.18. The van der Waals surface area contributed by atoms with Gasteiger partial charge in [-0.3, -0.25) is 0 Å². The highest BCUT2D eigenvalue weighted by molar-refractivity contribution is 7.90. The molecule has 0 N–H and O–H groups in total. The molecule has 0 aliphatic heterocycles. The Morgan fingerprint density at radius 3 is 2.53 bits per heavy atom. The zero-order valence-electron chi connectivity index (χ0n) is 9.57. The van der Waals surface area contributed by atoms with Crippen LogP contribution in [0.15, 0.2) is 17.0 Å². The molecule has 94 valence electrons. The molecule has 0 heterocycles. The van der Waals surface area contributed by atoms with E-state index in [1.54, 1.807) is 6.07 Å². The minimum Gasteiger partial charge on any atom is -0.494 e. The van der Waals surface area contributed by atoms with Crippen molar-refractivity contribution in [3.63, 3.8) is 0 Å². The van der Waals surface area contributed by atoms with Crippen LogP contribution >= 0.6 is 11.6 Å². The van der Waals surface area contributed by atoms with Gasteiger partial charge in [0.2, 0.25) is 0 Å². The van der Waals surface area contributed by atoms with Crippen molar-refractivity contribution in [2.75, 3.05) is 13.4 Å². The number of hydrogen-bond acceptors (Lipinski definition) is 4. The minimum absolute atomic E-state index is 0.0494. The number of aryl methyl sites for hydroxylation is 1. The molecule has 6 heteroatoms. The smallest absolute Gasteiger partial charge is 0.179 e. The lowest BCUT2D eigenvalue weighted by molar-refractivity contribution is -0.107. The molecule has 0 fully saturated rings. The standard InChI is InChI=1S/C11H13ClO4S/c1-16-11-9(12)6-8(4-3-5-13)7-10(11)17(2,14)15/h5-7H,3-4H2,1-2H3. The third-order valence-electron chi connectivity index (χ3n) is 2.22. The number of carbonyl (C=O) groups excluding carboxylic acids is 1. The average Bonchev–Trinajstić information content (AvgIpc) is 2.24. The molecule has 0 radical (unpaired) electrons. The molecule has 0 spiro atoms. The number of methoxy groups -OCH3 is 1. The number of sulfone groups is 1. The fraction of sp³-hybridized carbons (Fsp3) is 0.364. The van der Waals surface area contributed by atoms with E-state index in [1.807, 2.05) is 0 Å². The zero-order chi connectivity index (χ0) is 13.1. The highest BCUT2D eigenvalue weighted by Crippen LogP contribution is 2.33. The number of hydrogen-bond donors (Lipinski definition) is 0. The maximum Gasteiger partial charge on any atom is 0.179 e. The zero-order valence-corrected chi connectivity index (χ0v) is 11.1. The van der Waals surface area contributed by atoms with Crippen LogP contribution in [0, 0.1) is 0 Å². The minimum atomic E-state index is -3.41. The molecule has 0 saturated carbocycles. The van der Waals surface area contributed by atoms with Gasteiger partial charge < -0.3 is 9.53 Å². The maximum atomic E-state index is 11.6. The summed E-state index contributed by atoms with van der Waals surface area (Å²) in [5, 5.41) is 0.233. The van der Waals surface area contributed by atoms with Crippen LogP contribution in [0.4, 0.5) is 0 Å². The summed E-state index contributed by atoms with van der Waals surface area (Å²) in [5.74, 6) is 0.143. The summed E-state index contributed by atoms with van der Waals surface area (Å²) < 4.78 is 28.1. The molecule has 0 atom stereocenters. The SMILES string of the molecule is COc1c(Cl)cc(CCC=O)cc1S(C)(=O)=O. The topological polar surface area (TPSA) is 60.4 Å². The number of aldehydes is 1. The van der Waals surface area contributed by atoms with Crippen molar-refractivity contribution in [3.8, 4) is 5.75 Å². The molecule has 4 nitrogen and oxygen atoms in total. The molecule has 1 aromatic rings. The van der Waals surface area contributed by atoms with Crippen LogP contribution in [0.25, 0.3) is 0 Å². The molecule has 0 aliphatic rings. The third-order valence-corrected chi connectivity index (χ3v) is 3.61. The Kier molecular flexibility index (Phi) is 4.54. The molecular formula is C11H13ClO4S. The Morgan fingerprint density at radius 1 is 1.41 bits per heavy atom. The van der Waals surface area contributed by atoms with Crippen LogP contribution in [0.1, 0.15) is 12.0 Å². The summed E-state index contributed by atoms with van der Waals surface area (Å²) in [6, 6.07) is 3.10. The van der Waals surface area contributed by atoms with Crippen molar-refractivity contribution < 1.29 is 17.9 Å². The Bertz CT molecular complexity index is 523. The third kappa shape index (κ3) is 3.44. The second kappa shape index (κ2) is 5.51. The van der Waals surface area contributed by atoms with E-state index in [0.29, 0.717) is 18.4 Å².